The summed E-state index contributed by atoms with van der Waals surface area (Å²) in [7, 11) is 0. The first kappa shape index (κ1) is 85.5. The highest BCUT2D eigenvalue weighted by Gasteiger charge is 2.16. The maximum Gasteiger partial charge on any atom is 0.306 e. The highest BCUT2D eigenvalue weighted by Crippen LogP contribution is 2.18. The van der Waals surface area contributed by atoms with Gasteiger partial charge in [0.25, 0.3) is 0 Å². The predicted octanol–water partition coefficient (Wildman–Crippen LogP) is 27.0. The van der Waals surface area contributed by atoms with Gasteiger partial charge in [-0.3, -0.25) is 9.59 Å². The van der Waals surface area contributed by atoms with E-state index >= 15 is 0 Å². The minimum absolute atomic E-state index is 0.0688. The number of hydrogen-bond acceptors (Lipinski definition) is 5. The van der Waals surface area contributed by atoms with Crippen LogP contribution in [0.3, 0.4) is 0 Å². The van der Waals surface area contributed by atoms with E-state index in [0.29, 0.717) is 12.8 Å². The molecule has 0 radical (unpaired) electrons. The third-order valence-corrected chi connectivity index (χ3v) is 16.3. The van der Waals surface area contributed by atoms with Crippen LogP contribution >= 0.6 is 0 Å². The van der Waals surface area contributed by atoms with Crippen molar-refractivity contribution in [2.75, 3.05) is 13.2 Å². The van der Waals surface area contributed by atoms with Gasteiger partial charge in [-0.25, -0.2) is 0 Å². The summed E-state index contributed by atoms with van der Waals surface area (Å²) in [6.45, 7) is 3.94. The van der Waals surface area contributed by atoms with Gasteiger partial charge in [-0.1, -0.05) is 371 Å². The Bertz CT molecular complexity index is 1900. The van der Waals surface area contributed by atoms with Crippen LogP contribution in [0.1, 0.15) is 348 Å². The van der Waals surface area contributed by atoms with Gasteiger partial charge in [-0.15, -0.1) is 0 Å². The number of allylic oxidation sites excluding steroid dienone is 26. The molecule has 0 aliphatic rings. The first-order valence-electron chi connectivity index (χ1n) is 38.0. The summed E-state index contributed by atoms with van der Waals surface area (Å²) in [5, 5.41) is 9.72. The van der Waals surface area contributed by atoms with Crippen LogP contribution in [-0.2, 0) is 19.1 Å². The minimum atomic E-state index is -0.781. The van der Waals surface area contributed by atoms with Crippen LogP contribution in [0.5, 0.6) is 0 Å². The summed E-state index contributed by atoms with van der Waals surface area (Å²) in [6.07, 6.45) is 120. The van der Waals surface area contributed by atoms with Crippen molar-refractivity contribution < 1.29 is 24.2 Å². The van der Waals surface area contributed by atoms with Crippen molar-refractivity contribution in [1.82, 2.24) is 0 Å². The Balaban J connectivity index is 3.47. The Kier molecular flexibility index (Phi) is 74.8. The zero-order valence-corrected chi connectivity index (χ0v) is 58.9. The summed E-state index contributed by atoms with van der Waals surface area (Å²) < 4.78 is 10.8. The highest BCUT2D eigenvalue weighted by atomic mass is 16.6. The molecule has 0 fully saturated rings. The van der Waals surface area contributed by atoms with Crippen molar-refractivity contribution in [1.29, 1.82) is 0 Å². The van der Waals surface area contributed by atoms with Crippen molar-refractivity contribution in [3.8, 4) is 0 Å². The van der Waals surface area contributed by atoms with E-state index in [2.05, 4.69) is 172 Å². The molecule has 90 heavy (non-hydrogen) atoms. The molecule has 5 nitrogen and oxygen atoms in total. The van der Waals surface area contributed by atoms with Crippen LogP contribution in [0.4, 0.5) is 0 Å². The van der Waals surface area contributed by atoms with Gasteiger partial charge in [0.1, 0.15) is 6.61 Å². The van der Waals surface area contributed by atoms with Gasteiger partial charge in [0.05, 0.1) is 6.61 Å². The molecule has 1 N–H and O–H groups in total. The normalized spacial score (nSPS) is 13.1. The SMILES string of the molecule is CC/C=C\C/C=C\C/C=C\C/C=C\C/C=C\C/C=C\C/C=C\C/C=C\CCCCCCCCCCCCCCCCC(=O)OC(CO)COC(=O)CCCCCCCCCCCCCCCCCCCCCCC/C=C\C/C=C\C/C=C\C/C=C\C/C=C\CC. The molecule has 5 heteroatoms. The number of aliphatic hydroxyl groups excluding tert-OH is 1. The molecule has 512 valence electrons. The smallest absolute Gasteiger partial charge is 0.306 e. The molecule has 0 saturated heterocycles. The van der Waals surface area contributed by atoms with Crippen LogP contribution in [-0.4, -0.2) is 36.4 Å². The van der Waals surface area contributed by atoms with Crippen molar-refractivity contribution in [2.45, 2.75) is 354 Å². The average Bonchev–Trinajstić information content (AvgIpc) is 3.59. The summed E-state index contributed by atoms with van der Waals surface area (Å²) in [5.74, 6) is -0.583. The summed E-state index contributed by atoms with van der Waals surface area (Å²) >= 11 is 0. The molecule has 1 unspecified atom stereocenters. The lowest BCUT2D eigenvalue weighted by molar-refractivity contribution is -0.161. The lowest BCUT2D eigenvalue weighted by atomic mass is 10.0. The van der Waals surface area contributed by atoms with Gasteiger partial charge in [0.15, 0.2) is 6.10 Å². The number of carbonyl (C=O) groups excluding carboxylic acids is 2. The standard InChI is InChI=1S/C85H142O5/c1-3-5-7-9-11-13-15-17-19-21-23-25-27-29-31-33-35-37-39-41-42-44-46-48-50-52-54-56-58-60-62-64-66-68-70-72-74-76-78-80-85(88)90-83(81-86)82-89-84(87)79-77-75-73-71-69-67-65-63-61-59-57-55-53-51-49-47-45-43-40-38-36-34-32-30-28-26-24-22-20-18-16-14-12-10-8-6-4-2/h5-8,11-14,17-20,23-26,29-32,35,37,41-42,46,48,83,86H,3-4,9-10,15-16,21-22,27-28,33-34,36,38-40,43-45,47,49-82H2,1-2H3/b7-5-,8-6-,13-11-,14-12-,19-17-,20-18-,25-23-,26-24-,31-29-,32-30-,37-35-,42-41-,48-46-. The lowest BCUT2D eigenvalue weighted by Crippen LogP contribution is -2.28. The molecule has 0 aromatic carbocycles. The second-order valence-corrected chi connectivity index (χ2v) is 25.0. The number of unbranched alkanes of at least 4 members (excludes halogenated alkanes) is 35. The molecule has 0 aromatic rings. The maximum absolute atomic E-state index is 12.4. The zero-order chi connectivity index (χ0) is 64.7. The van der Waals surface area contributed by atoms with Crippen LogP contribution < -0.4 is 0 Å². The molecular weight excluding hydrogens is 1100 g/mol. The molecular formula is C85H142O5. The third-order valence-electron chi connectivity index (χ3n) is 16.3. The minimum Gasteiger partial charge on any atom is -0.462 e. The molecule has 0 aliphatic heterocycles. The van der Waals surface area contributed by atoms with E-state index in [1.54, 1.807) is 0 Å². The lowest BCUT2D eigenvalue weighted by Gasteiger charge is -2.15. The molecule has 1 atom stereocenters. The van der Waals surface area contributed by atoms with Crippen LogP contribution in [0.15, 0.2) is 158 Å². The molecule has 0 spiro atoms. The molecule has 0 rings (SSSR count). The Morgan fingerprint density at radius 3 is 0.667 bits per heavy atom. The Morgan fingerprint density at radius 2 is 0.444 bits per heavy atom. The summed E-state index contributed by atoms with van der Waals surface area (Å²) in [6, 6.07) is 0. The second-order valence-electron chi connectivity index (χ2n) is 25.0. The maximum atomic E-state index is 12.4. The third kappa shape index (κ3) is 76.0. The Hall–Kier alpha value is -4.48. The average molecular weight is 1240 g/mol. The topological polar surface area (TPSA) is 72.8 Å². The Labute approximate surface area is 558 Å². The van der Waals surface area contributed by atoms with Crippen LogP contribution in [0, 0.1) is 0 Å². The fourth-order valence-corrected chi connectivity index (χ4v) is 10.7. The molecule has 0 heterocycles. The highest BCUT2D eigenvalue weighted by molar-refractivity contribution is 5.70. The van der Waals surface area contributed by atoms with Crippen LogP contribution in [0.2, 0.25) is 0 Å². The second kappa shape index (κ2) is 78.8. The van der Waals surface area contributed by atoms with E-state index in [0.717, 1.165) is 122 Å². The van der Waals surface area contributed by atoms with E-state index in [4.69, 9.17) is 9.47 Å². The van der Waals surface area contributed by atoms with Gasteiger partial charge >= 0.3 is 11.9 Å². The van der Waals surface area contributed by atoms with E-state index < -0.39 is 6.10 Å². The fourth-order valence-electron chi connectivity index (χ4n) is 10.7. The predicted molar refractivity (Wildman–Crippen MR) is 398 cm³/mol. The van der Waals surface area contributed by atoms with Crippen molar-refractivity contribution >= 4 is 11.9 Å². The molecule has 0 aliphatic carbocycles. The number of carbonyl (C=O) groups is 2. The van der Waals surface area contributed by atoms with Gasteiger partial charge < -0.3 is 14.6 Å². The van der Waals surface area contributed by atoms with Gasteiger partial charge in [0.2, 0.25) is 0 Å². The van der Waals surface area contributed by atoms with Crippen LogP contribution in [0.25, 0.3) is 0 Å². The first-order valence-corrected chi connectivity index (χ1v) is 38.0. The van der Waals surface area contributed by atoms with Crippen molar-refractivity contribution in [3.63, 3.8) is 0 Å². The molecule has 0 saturated carbocycles. The Morgan fingerprint density at radius 1 is 0.256 bits per heavy atom. The number of aliphatic hydroxyl groups is 1. The molecule has 0 bridgehead atoms. The quantitative estimate of drug-likeness (QED) is 0.0373. The van der Waals surface area contributed by atoms with E-state index in [-0.39, 0.29) is 25.2 Å². The van der Waals surface area contributed by atoms with E-state index in [9.17, 15) is 14.7 Å². The van der Waals surface area contributed by atoms with E-state index in [1.165, 1.54) is 199 Å². The number of esters is 2. The largest absolute Gasteiger partial charge is 0.462 e. The molecule has 0 amide bonds. The summed E-state index contributed by atoms with van der Waals surface area (Å²) in [4.78, 5) is 24.7. The van der Waals surface area contributed by atoms with E-state index in [1.807, 2.05) is 0 Å². The number of hydrogen-bond donors (Lipinski definition) is 1. The first-order chi connectivity index (χ1) is 44.6. The van der Waals surface area contributed by atoms with Gasteiger partial charge in [-0.05, 0) is 122 Å². The summed E-state index contributed by atoms with van der Waals surface area (Å²) in [5.41, 5.74) is 0. The van der Waals surface area contributed by atoms with Gasteiger partial charge in [0, 0.05) is 12.8 Å². The number of rotatable bonds is 69. The fraction of sp³-hybridized carbons (Fsp3) is 0.671. The van der Waals surface area contributed by atoms with Crippen molar-refractivity contribution in [3.05, 3.63) is 158 Å². The van der Waals surface area contributed by atoms with Crippen molar-refractivity contribution in [2.24, 2.45) is 0 Å². The number of ether oxygens (including phenoxy) is 2. The zero-order valence-electron chi connectivity index (χ0n) is 58.9. The van der Waals surface area contributed by atoms with Gasteiger partial charge in [-0.2, -0.15) is 0 Å². The monoisotopic (exact) mass is 1240 g/mol. The molecule has 0 aromatic heterocycles.